The number of hydrogen-bond donors (Lipinski definition) is 1. The maximum atomic E-state index is 12.4. The molecule has 0 radical (unpaired) electrons. The highest BCUT2D eigenvalue weighted by Gasteiger charge is 2.60. The van der Waals surface area contributed by atoms with Crippen LogP contribution in [0.1, 0.15) is 27.7 Å². The van der Waals surface area contributed by atoms with E-state index in [-0.39, 0.29) is 23.8 Å². The molecule has 1 amide bonds. The Morgan fingerprint density at radius 3 is 2.53 bits per heavy atom. The Hall–Kier alpha value is -0.870. The molecular weight excluding hydrogens is 242 g/mol. The van der Waals surface area contributed by atoms with Gasteiger partial charge in [0.05, 0.1) is 18.6 Å². The second-order valence-corrected chi connectivity index (χ2v) is 6.40. The van der Waals surface area contributed by atoms with Gasteiger partial charge in [0, 0.05) is 20.7 Å². The van der Waals surface area contributed by atoms with Gasteiger partial charge < -0.3 is 14.7 Å². The molecule has 19 heavy (non-hydrogen) atoms. The molecule has 4 nitrogen and oxygen atoms in total. The van der Waals surface area contributed by atoms with Crippen molar-refractivity contribution in [2.24, 2.45) is 17.3 Å². The van der Waals surface area contributed by atoms with Gasteiger partial charge in [-0.1, -0.05) is 25.5 Å². The summed E-state index contributed by atoms with van der Waals surface area (Å²) >= 11 is 0. The lowest BCUT2D eigenvalue weighted by Crippen LogP contribution is -2.37. The quantitative estimate of drug-likeness (QED) is 0.747. The minimum Gasteiger partial charge on any atom is -0.389 e. The zero-order valence-electron chi connectivity index (χ0n) is 12.9. The maximum Gasteiger partial charge on any atom is 0.226 e. The van der Waals surface area contributed by atoms with Crippen LogP contribution in [0.2, 0.25) is 0 Å². The normalized spacial score (nSPS) is 25.6. The molecule has 0 heterocycles. The number of ether oxygens (including phenoxy) is 1. The number of amides is 1. The molecule has 0 aromatic heterocycles. The summed E-state index contributed by atoms with van der Waals surface area (Å²) in [6.07, 6.45) is 1.56. The van der Waals surface area contributed by atoms with Gasteiger partial charge in [-0.2, -0.15) is 0 Å². The Kier molecular flexibility index (Phi) is 5.16. The van der Waals surface area contributed by atoms with E-state index in [0.717, 1.165) is 0 Å². The number of carbonyl (C=O) groups excluding carboxylic acids is 1. The largest absolute Gasteiger partial charge is 0.389 e. The summed E-state index contributed by atoms with van der Waals surface area (Å²) in [5, 5.41) is 9.68. The molecule has 1 rings (SSSR count). The summed E-state index contributed by atoms with van der Waals surface area (Å²) in [5.74, 6) is 0.455. The van der Waals surface area contributed by atoms with Gasteiger partial charge in [0.1, 0.15) is 0 Å². The van der Waals surface area contributed by atoms with Gasteiger partial charge in [-0.25, -0.2) is 0 Å². The SMILES string of the molecule is COC[C@H](O)CN(C)C(=O)[C@H]1[C@@H](C=C(C)C)C1(C)C. The highest BCUT2D eigenvalue weighted by Crippen LogP contribution is 2.59. The van der Waals surface area contributed by atoms with Crippen molar-refractivity contribution >= 4 is 5.91 Å². The first-order valence-corrected chi connectivity index (χ1v) is 6.78. The fraction of sp³-hybridized carbons (Fsp3) is 0.800. The molecule has 0 aromatic rings. The molecule has 1 aliphatic carbocycles. The van der Waals surface area contributed by atoms with Crippen molar-refractivity contribution in [3.63, 3.8) is 0 Å². The summed E-state index contributed by atoms with van der Waals surface area (Å²) < 4.78 is 4.88. The first-order chi connectivity index (χ1) is 8.71. The van der Waals surface area contributed by atoms with Crippen molar-refractivity contribution < 1.29 is 14.6 Å². The number of hydrogen-bond acceptors (Lipinski definition) is 3. The van der Waals surface area contributed by atoms with Crippen molar-refractivity contribution in [3.8, 4) is 0 Å². The van der Waals surface area contributed by atoms with Gasteiger partial charge in [-0.05, 0) is 25.2 Å². The van der Waals surface area contributed by atoms with Crippen molar-refractivity contribution in [3.05, 3.63) is 11.6 Å². The summed E-state index contributed by atoms with van der Waals surface area (Å²) in [6, 6.07) is 0. The number of methoxy groups -OCH3 is 1. The van der Waals surface area contributed by atoms with E-state index >= 15 is 0 Å². The van der Waals surface area contributed by atoms with Gasteiger partial charge in [0.2, 0.25) is 5.91 Å². The van der Waals surface area contributed by atoms with E-state index in [0.29, 0.717) is 12.5 Å². The monoisotopic (exact) mass is 269 g/mol. The average Bonchev–Trinajstić information content (AvgIpc) is 2.78. The number of nitrogens with zero attached hydrogens (tertiary/aromatic N) is 1. The van der Waals surface area contributed by atoms with Crippen LogP contribution < -0.4 is 0 Å². The molecule has 1 N–H and O–H groups in total. The summed E-state index contributed by atoms with van der Waals surface area (Å²) in [4.78, 5) is 14.0. The smallest absolute Gasteiger partial charge is 0.226 e. The fourth-order valence-corrected chi connectivity index (χ4v) is 2.71. The second-order valence-electron chi connectivity index (χ2n) is 6.40. The number of allylic oxidation sites excluding steroid dienone is 2. The molecule has 0 spiro atoms. The van der Waals surface area contributed by atoms with Crippen molar-refractivity contribution in [1.29, 1.82) is 0 Å². The number of likely N-dealkylation sites (N-methyl/N-ethyl adjacent to an activating group) is 1. The highest BCUT2D eigenvalue weighted by atomic mass is 16.5. The molecule has 1 fully saturated rings. The number of aliphatic hydroxyl groups excluding tert-OH is 1. The van der Waals surface area contributed by atoms with Gasteiger partial charge >= 0.3 is 0 Å². The van der Waals surface area contributed by atoms with E-state index in [9.17, 15) is 9.90 Å². The molecular formula is C15H27NO3. The van der Waals surface area contributed by atoms with E-state index < -0.39 is 6.10 Å². The van der Waals surface area contributed by atoms with Gasteiger partial charge in [-0.3, -0.25) is 4.79 Å². The number of rotatable bonds is 6. The summed E-state index contributed by atoms with van der Waals surface area (Å²) in [6.45, 7) is 8.94. The molecule has 4 heteroatoms. The molecule has 110 valence electrons. The van der Waals surface area contributed by atoms with Crippen LogP contribution in [0.3, 0.4) is 0 Å². The molecule has 0 unspecified atom stereocenters. The Morgan fingerprint density at radius 1 is 1.47 bits per heavy atom. The van der Waals surface area contributed by atoms with E-state index in [2.05, 4.69) is 33.8 Å². The molecule has 3 atom stereocenters. The lowest BCUT2D eigenvalue weighted by atomic mass is 10.1. The van der Waals surface area contributed by atoms with Crippen molar-refractivity contribution in [2.45, 2.75) is 33.8 Å². The molecule has 0 aliphatic heterocycles. The standard InChI is InChI=1S/C15H27NO3/c1-10(2)7-12-13(15(12,3)4)14(18)16(5)8-11(17)9-19-6/h7,11-13,17H,8-9H2,1-6H3/t11-,12-,13-/m1/s1. The van der Waals surface area contributed by atoms with Crippen LogP contribution in [0.5, 0.6) is 0 Å². The van der Waals surface area contributed by atoms with Crippen LogP contribution in [0.25, 0.3) is 0 Å². The second kappa shape index (κ2) is 6.06. The number of aliphatic hydroxyl groups is 1. The Morgan fingerprint density at radius 2 is 2.05 bits per heavy atom. The van der Waals surface area contributed by atoms with Crippen LogP contribution in [-0.4, -0.2) is 49.3 Å². The predicted octanol–water partition coefficient (Wildman–Crippen LogP) is 1.69. The lowest BCUT2D eigenvalue weighted by molar-refractivity contribution is -0.133. The average molecular weight is 269 g/mol. The zero-order chi connectivity index (χ0) is 14.8. The van der Waals surface area contributed by atoms with E-state index in [1.54, 1.807) is 19.1 Å². The topological polar surface area (TPSA) is 49.8 Å². The van der Waals surface area contributed by atoms with Crippen LogP contribution in [0.15, 0.2) is 11.6 Å². The number of carbonyl (C=O) groups is 1. The van der Waals surface area contributed by atoms with Crippen LogP contribution in [0.4, 0.5) is 0 Å². The molecule has 0 saturated heterocycles. The van der Waals surface area contributed by atoms with Gasteiger partial charge in [-0.15, -0.1) is 0 Å². The third kappa shape index (κ3) is 3.80. The molecule has 0 aromatic carbocycles. The van der Waals surface area contributed by atoms with Gasteiger partial charge in [0.25, 0.3) is 0 Å². The molecule has 0 bridgehead atoms. The molecule has 1 saturated carbocycles. The summed E-state index contributed by atoms with van der Waals surface area (Å²) in [5.41, 5.74) is 1.27. The van der Waals surface area contributed by atoms with E-state index in [4.69, 9.17) is 4.74 Å². The van der Waals surface area contributed by atoms with Crippen molar-refractivity contribution in [1.82, 2.24) is 4.90 Å². The first-order valence-electron chi connectivity index (χ1n) is 6.78. The van der Waals surface area contributed by atoms with Gasteiger partial charge in [0.15, 0.2) is 0 Å². The Labute approximate surface area is 116 Å². The zero-order valence-corrected chi connectivity index (χ0v) is 12.9. The fourth-order valence-electron chi connectivity index (χ4n) is 2.71. The molecule has 1 aliphatic rings. The van der Waals surface area contributed by atoms with Crippen LogP contribution in [0, 0.1) is 17.3 Å². The van der Waals surface area contributed by atoms with Crippen LogP contribution >= 0.6 is 0 Å². The third-order valence-electron chi connectivity index (χ3n) is 3.91. The predicted molar refractivity (Wildman–Crippen MR) is 75.7 cm³/mol. The summed E-state index contributed by atoms with van der Waals surface area (Å²) in [7, 11) is 3.29. The maximum absolute atomic E-state index is 12.4. The highest BCUT2D eigenvalue weighted by molar-refractivity contribution is 5.83. The minimum absolute atomic E-state index is 0.0226. The van der Waals surface area contributed by atoms with E-state index in [1.807, 2.05) is 0 Å². The lowest BCUT2D eigenvalue weighted by Gasteiger charge is -2.21. The third-order valence-corrected chi connectivity index (χ3v) is 3.91. The van der Waals surface area contributed by atoms with Crippen molar-refractivity contribution in [2.75, 3.05) is 27.3 Å². The Balaban J connectivity index is 2.61. The minimum atomic E-state index is -0.622. The van der Waals surface area contributed by atoms with E-state index in [1.165, 1.54) is 5.57 Å². The Bertz CT molecular complexity index is 358. The van der Waals surface area contributed by atoms with Crippen LogP contribution in [-0.2, 0) is 9.53 Å². The first kappa shape index (κ1) is 16.2.